The second-order valence-corrected chi connectivity index (χ2v) is 6.55. The van der Waals surface area contributed by atoms with Crippen LogP contribution in [0.3, 0.4) is 0 Å². The molecule has 0 aliphatic carbocycles. The van der Waals surface area contributed by atoms with Crippen LogP contribution in [-0.2, 0) is 0 Å². The fraction of sp³-hybridized carbons (Fsp3) is 0.250. The van der Waals surface area contributed by atoms with Crippen molar-refractivity contribution >= 4 is 6.09 Å². The molecular weight excluding hydrogens is 328 g/mol. The minimum Gasteiger partial charge on any atom is -0.465 e. The van der Waals surface area contributed by atoms with Gasteiger partial charge in [0.05, 0.1) is 17.9 Å². The summed E-state index contributed by atoms with van der Waals surface area (Å²) >= 11 is 0. The van der Waals surface area contributed by atoms with Crippen molar-refractivity contribution in [1.29, 1.82) is 0 Å². The summed E-state index contributed by atoms with van der Waals surface area (Å²) in [7, 11) is 0. The van der Waals surface area contributed by atoms with Crippen molar-refractivity contribution in [3.63, 3.8) is 0 Å². The van der Waals surface area contributed by atoms with Crippen molar-refractivity contribution < 1.29 is 9.90 Å². The Balaban J connectivity index is 1.95. The van der Waals surface area contributed by atoms with E-state index in [0.717, 1.165) is 33.6 Å². The van der Waals surface area contributed by atoms with Gasteiger partial charge in [0.2, 0.25) is 0 Å². The van der Waals surface area contributed by atoms with Gasteiger partial charge in [-0.3, -0.25) is 0 Å². The van der Waals surface area contributed by atoms with Crippen LogP contribution >= 0.6 is 0 Å². The Hall–Kier alpha value is -3.15. The molecule has 6 nitrogen and oxygen atoms in total. The fourth-order valence-electron chi connectivity index (χ4n) is 3.09. The standard InChI is InChI=1S/C20H22N4O2/c1-12-5-8-17(14(3)9-12)19-11-21-24(23-19)16-7-6-13(2)18(10-16)15(4)22-20(25)26/h5-11,15,22H,1-4H3,(H,25,26). The third-order valence-corrected chi connectivity index (χ3v) is 4.45. The van der Waals surface area contributed by atoms with Crippen LogP contribution in [0.25, 0.3) is 16.9 Å². The van der Waals surface area contributed by atoms with Gasteiger partial charge in [-0.1, -0.05) is 29.8 Å². The Labute approximate surface area is 152 Å². The summed E-state index contributed by atoms with van der Waals surface area (Å²) in [5.74, 6) is 0. The summed E-state index contributed by atoms with van der Waals surface area (Å²) in [6.45, 7) is 7.90. The molecule has 2 N–H and O–H groups in total. The zero-order chi connectivity index (χ0) is 18.8. The van der Waals surface area contributed by atoms with Crippen molar-refractivity contribution in [3.8, 4) is 16.9 Å². The summed E-state index contributed by atoms with van der Waals surface area (Å²) < 4.78 is 0. The zero-order valence-electron chi connectivity index (χ0n) is 15.3. The highest BCUT2D eigenvalue weighted by atomic mass is 16.4. The van der Waals surface area contributed by atoms with E-state index in [1.165, 1.54) is 5.56 Å². The minimum absolute atomic E-state index is 0.318. The van der Waals surface area contributed by atoms with E-state index in [1.807, 2.05) is 32.0 Å². The van der Waals surface area contributed by atoms with E-state index in [0.29, 0.717) is 0 Å². The third-order valence-electron chi connectivity index (χ3n) is 4.45. The number of carboxylic acid groups (broad SMARTS) is 1. The van der Waals surface area contributed by atoms with E-state index in [1.54, 1.807) is 11.0 Å². The van der Waals surface area contributed by atoms with Crippen LogP contribution in [0.4, 0.5) is 4.79 Å². The van der Waals surface area contributed by atoms with Crippen molar-refractivity contribution in [1.82, 2.24) is 20.3 Å². The molecule has 0 radical (unpaired) electrons. The van der Waals surface area contributed by atoms with Crippen LogP contribution < -0.4 is 5.32 Å². The third kappa shape index (κ3) is 3.59. The Bertz CT molecular complexity index is 962. The second-order valence-electron chi connectivity index (χ2n) is 6.55. The molecular formula is C20H22N4O2. The molecule has 0 fully saturated rings. The first-order valence-electron chi connectivity index (χ1n) is 8.45. The minimum atomic E-state index is -1.04. The van der Waals surface area contributed by atoms with Crippen LogP contribution in [0, 0.1) is 20.8 Å². The van der Waals surface area contributed by atoms with Crippen molar-refractivity contribution in [2.45, 2.75) is 33.7 Å². The highest BCUT2D eigenvalue weighted by Gasteiger charge is 2.14. The highest BCUT2D eigenvalue weighted by Crippen LogP contribution is 2.24. The van der Waals surface area contributed by atoms with Gasteiger partial charge in [-0.2, -0.15) is 9.90 Å². The molecule has 0 aliphatic rings. The molecule has 134 valence electrons. The summed E-state index contributed by atoms with van der Waals surface area (Å²) in [4.78, 5) is 12.5. The zero-order valence-corrected chi connectivity index (χ0v) is 15.3. The van der Waals surface area contributed by atoms with Gasteiger partial charge in [0.1, 0.15) is 5.69 Å². The maximum absolute atomic E-state index is 10.9. The van der Waals surface area contributed by atoms with Gasteiger partial charge in [0, 0.05) is 5.56 Å². The number of carbonyl (C=O) groups is 1. The van der Waals surface area contributed by atoms with Crippen LogP contribution in [0.5, 0.6) is 0 Å². The van der Waals surface area contributed by atoms with Crippen molar-refractivity contribution in [3.05, 3.63) is 64.8 Å². The number of aromatic nitrogens is 3. The molecule has 1 aromatic heterocycles. The Morgan fingerprint density at radius 1 is 1.12 bits per heavy atom. The SMILES string of the molecule is Cc1ccc(-c2cnn(-c3ccc(C)c(C(C)NC(=O)O)c3)n2)c(C)c1. The number of nitrogens with one attached hydrogen (secondary N) is 1. The van der Waals surface area contributed by atoms with Gasteiger partial charge in [-0.15, -0.1) is 5.10 Å². The number of nitrogens with zero attached hydrogens (tertiary/aromatic N) is 3. The predicted octanol–water partition coefficient (Wildman–Crippen LogP) is 4.19. The number of aryl methyl sites for hydroxylation is 3. The van der Waals surface area contributed by atoms with Gasteiger partial charge < -0.3 is 10.4 Å². The first kappa shape index (κ1) is 17.7. The lowest BCUT2D eigenvalue weighted by Crippen LogP contribution is -2.25. The topological polar surface area (TPSA) is 80.0 Å². The second kappa shape index (κ2) is 7.00. The van der Waals surface area contributed by atoms with Gasteiger partial charge in [0.25, 0.3) is 0 Å². The monoisotopic (exact) mass is 350 g/mol. The number of benzene rings is 2. The molecule has 1 unspecified atom stereocenters. The maximum Gasteiger partial charge on any atom is 0.405 e. The molecule has 0 aliphatic heterocycles. The predicted molar refractivity (Wildman–Crippen MR) is 101 cm³/mol. The van der Waals surface area contributed by atoms with Crippen LogP contribution in [0.1, 0.15) is 35.2 Å². The van der Waals surface area contributed by atoms with E-state index in [2.05, 4.69) is 47.6 Å². The Kier molecular flexibility index (Phi) is 4.75. The van der Waals surface area contributed by atoms with Crippen LogP contribution in [0.2, 0.25) is 0 Å². The molecule has 3 rings (SSSR count). The maximum atomic E-state index is 10.9. The summed E-state index contributed by atoms with van der Waals surface area (Å²) in [5, 5.41) is 20.4. The first-order valence-corrected chi connectivity index (χ1v) is 8.45. The Morgan fingerprint density at radius 2 is 1.88 bits per heavy atom. The van der Waals surface area contributed by atoms with Gasteiger partial charge >= 0.3 is 6.09 Å². The summed E-state index contributed by atoms with van der Waals surface area (Å²) in [5.41, 5.74) is 6.92. The summed E-state index contributed by atoms with van der Waals surface area (Å²) in [6.07, 6.45) is 0.701. The molecule has 0 saturated carbocycles. The van der Waals surface area contributed by atoms with Gasteiger partial charge in [-0.05, 0) is 56.5 Å². The van der Waals surface area contributed by atoms with Crippen LogP contribution in [-0.4, -0.2) is 26.2 Å². The molecule has 0 saturated heterocycles. The molecule has 3 aromatic rings. The average Bonchev–Trinajstić information content (AvgIpc) is 3.04. The quantitative estimate of drug-likeness (QED) is 0.739. The van der Waals surface area contributed by atoms with E-state index < -0.39 is 6.09 Å². The largest absolute Gasteiger partial charge is 0.465 e. The number of rotatable bonds is 4. The lowest BCUT2D eigenvalue weighted by molar-refractivity contribution is 0.191. The van der Waals surface area contributed by atoms with E-state index in [9.17, 15) is 4.79 Å². The molecule has 1 atom stereocenters. The van der Waals surface area contributed by atoms with Crippen molar-refractivity contribution in [2.75, 3.05) is 0 Å². The average molecular weight is 350 g/mol. The smallest absolute Gasteiger partial charge is 0.405 e. The lowest BCUT2D eigenvalue weighted by Gasteiger charge is -2.15. The fourth-order valence-corrected chi connectivity index (χ4v) is 3.09. The van der Waals surface area contributed by atoms with E-state index in [-0.39, 0.29) is 6.04 Å². The normalized spacial score (nSPS) is 12.0. The Morgan fingerprint density at radius 3 is 2.58 bits per heavy atom. The molecule has 0 spiro atoms. The molecule has 1 amide bonds. The molecule has 0 bridgehead atoms. The van der Waals surface area contributed by atoms with Gasteiger partial charge in [-0.25, -0.2) is 4.79 Å². The summed E-state index contributed by atoms with van der Waals surface area (Å²) in [6, 6.07) is 11.7. The first-order chi connectivity index (χ1) is 12.3. The van der Waals surface area contributed by atoms with E-state index >= 15 is 0 Å². The van der Waals surface area contributed by atoms with Crippen LogP contribution in [0.15, 0.2) is 42.6 Å². The van der Waals surface area contributed by atoms with Crippen molar-refractivity contribution in [2.24, 2.45) is 0 Å². The van der Waals surface area contributed by atoms with Gasteiger partial charge in [0.15, 0.2) is 0 Å². The molecule has 2 aromatic carbocycles. The van der Waals surface area contributed by atoms with E-state index in [4.69, 9.17) is 5.11 Å². The molecule has 1 heterocycles. The lowest BCUT2D eigenvalue weighted by atomic mass is 10.0. The number of hydrogen-bond acceptors (Lipinski definition) is 3. The number of hydrogen-bond donors (Lipinski definition) is 2. The number of amides is 1. The molecule has 26 heavy (non-hydrogen) atoms. The molecule has 6 heteroatoms. The highest BCUT2D eigenvalue weighted by molar-refractivity contribution is 5.65.